The Hall–Kier alpha value is -1.22. The summed E-state index contributed by atoms with van der Waals surface area (Å²) in [6.07, 6.45) is 1.49. The number of rotatable bonds is 5. The summed E-state index contributed by atoms with van der Waals surface area (Å²) in [5.41, 5.74) is 5.69. The van der Waals surface area contributed by atoms with Crippen LogP contribution in [0.1, 0.15) is 0 Å². The Morgan fingerprint density at radius 2 is 1.95 bits per heavy atom. The molecule has 0 spiro atoms. The molecule has 1 fully saturated rings. The molecule has 21 heavy (non-hydrogen) atoms. The Morgan fingerprint density at radius 3 is 2.52 bits per heavy atom. The lowest BCUT2D eigenvalue weighted by molar-refractivity contribution is 0.174. The van der Waals surface area contributed by atoms with Crippen LogP contribution in [0, 0.1) is 0 Å². The molecule has 0 bridgehead atoms. The van der Waals surface area contributed by atoms with Gasteiger partial charge in [0.1, 0.15) is 10.7 Å². The summed E-state index contributed by atoms with van der Waals surface area (Å²) in [6.45, 7) is 4.40. The van der Waals surface area contributed by atoms with E-state index >= 15 is 0 Å². The van der Waals surface area contributed by atoms with Crippen molar-refractivity contribution in [1.82, 2.24) is 19.1 Å². The molecular weight excluding hydrogens is 290 g/mol. The third-order valence-corrected chi connectivity index (χ3v) is 5.56. The summed E-state index contributed by atoms with van der Waals surface area (Å²) in [4.78, 5) is 8.36. The van der Waals surface area contributed by atoms with Crippen molar-refractivity contribution in [2.75, 3.05) is 59.1 Å². The zero-order valence-corrected chi connectivity index (χ0v) is 13.4. The predicted molar refractivity (Wildman–Crippen MR) is 82.4 cm³/mol. The molecular formula is C13H23N5O2S. The Bertz CT molecular complexity index is 568. The molecule has 0 amide bonds. The van der Waals surface area contributed by atoms with Crippen molar-refractivity contribution in [2.45, 2.75) is 4.90 Å². The highest BCUT2D eigenvalue weighted by Gasteiger charge is 2.30. The number of sulfonamides is 1. The molecule has 0 aliphatic carbocycles. The van der Waals surface area contributed by atoms with E-state index in [1.807, 2.05) is 14.1 Å². The van der Waals surface area contributed by atoms with Crippen molar-refractivity contribution in [2.24, 2.45) is 0 Å². The Balaban J connectivity index is 2.00. The highest BCUT2D eigenvalue weighted by molar-refractivity contribution is 7.89. The molecule has 1 saturated heterocycles. The fraction of sp³-hybridized carbons (Fsp3) is 0.615. The third kappa shape index (κ3) is 3.91. The first-order chi connectivity index (χ1) is 9.91. The molecule has 0 radical (unpaired) electrons. The molecule has 8 heteroatoms. The predicted octanol–water partition coefficient (Wildman–Crippen LogP) is -0.468. The number of likely N-dealkylation sites (N-methyl/N-ethyl adjacent to an activating group) is 1. The normalized spacial score (nSPS) is 18.2. The summed E-state index contributed by atoms with van der Waals surface area (Å²) in [5.74, 6) is 0.0625. The topological polar surface area (TPSA) is 82.8 Å². The second kappa shape index (κ2) is 6.69. The van der Waals surface area contributed by atoms with Crippen LogP contribution in [-0.4, -0.2) is 80.9 Å². The molecule has 0 aromatic carbocycles. The van der Waals surface area contributed by atoms with E-state index < -0.39 is 10.0 Å². The smallest absolute Gasteiger partial charge is 0.246 e. The monoisotopic (exact) mass is 313 g/mol. The quantitative estimate of drug-likeness (QED) is 0.791. The first-order valence-corrected chi connectivity index (χ1v) is 8.43. The van der Waals surface area contributed by atoms with Crippen molar-refractivity contribution < 1.29 is 8.42 Å². The molecule has 7 nitrogen and oxygen atoms in total. The fourth-order valence-corrected chi connectivity index (χ4v) is 3.78. The minimum Gasteiger partial charge on any atom is -0.383 e. The van der Waals surface area contributed by atoms with Gasteiger partial charge in [0.15, 0.2) is 0 Å². The lowest BCUT2D eigenvalue weighted by atomic mass is 10.3. The van der Waals surface area contributed by atoms with Gasteiger partial charge in [-0.3, -0.25) is 4.90 Å². The van der Waals surface area contributed by atoms with Crippen LogP contribution < -0.4 is 5.73 Å². The van der Waals surface area contributed by atoms with Gasteiger partial charge in [0.25, 0.3) is 0 Å². The largest absolute Gasteiger partial charge is 0.383 e. The number of piperazine rings is 1. The Labute approximate surface area is 126 Å². The van der Waals surface area contributed by atoms with Crippen LogP contribution in [0.15, 0.2) is 23.2 Å². The summed E-state index contributed by atoms with van der Waals surface area (Å²) in [5, 5.41) is 0. The average Bonchev–Trinajstić information content (AvgIpc) is 2.46. The lowest BCUT2D eigenvalue weighted by Crippen LogP contribution is -2.49. The zero-order chi connectivity index (χ0) is 15.5. The number of nitrogens with zero attached hydrogens (tertiary/aromatic N) is 4. The van der Waals surface area contributed by atoms with E-state index in [0.717, 1.165) is 26.2 Å². The van der Waals surface area contributed by atoms with Gasteiger partial charge in [-0.05, 0) is 26.2 Å². The zero-order valence-electron chi connectivity index (χ0n) is 12.6. The summed E-state index contributed by atoms with van der Waals surface area (Å²) in [6, 6.07) is 3.10. The maximum absolute atomic E-state index is 12.6. The van der Waals surface area contributed by atoms with Crippen molar-refractivity contribution >= 4 is 15.8 Å². The summed E-state index contributed by atoms with van der Waals surface area (Å²) in [7, 11) is 0.529. The van der Waals surface area contributed by atoms with Crippen molar-refractivity contribution in [3.8, 4) is 0 Å². The number of anilines is 1. The minimum absolute atomic E-state index is 0.0625. The second-order valence-electron chi connectivity index (χ2n) is 5.44. The van der Waals surface area contributed by atoms with E-state index in [4.69, 9.17) is 5.73 Å². The van der Waals surface area contributed by atoms with Crippen LogP contribution in [0.5, 0.6) is 0 Å². The van der Waals surface area contributed by atoms with E-state index in [-0.39, 0.29) is 10.7 Å². The van der Waals surface area contributed by atoms with Crippen LogP contribution in [0.2, 0.25) is 0 Å². The van der Waals surface area contributed by atoms with Gasteiger partial charge in [0.2, 0.25) is 10.0 Å². The van der Waals surface area contributed by atoms with E-state index in [0.29, 0.717) is 13.1 Å². The molecule has 2 N–H and O–H groups in total. The third-order valence-electron chi connectivity index (χ3n) is 3.61. The number of pyridine rings is 1. The molecule has 0 atom stereocenters. The van der Waals surface area contributed by atoms with Crippen molar-refractivity contribution in [1.29, 1.82) is 0 Å². The van der Waals surface area contributed by atoms with E-state index in [2.05, 4.69) is 14.8 Å². The van der Waals surface area contributed by atoms with Gasteiger partial charge in [-0.25, -0.2) is 13.4 Å². The standard InChI is InChI=1S/C13H23N5O2S/c1-16(2)6-7-17-8-10-18(11-9-17)21(19,20)12-4-3-5-15-13(12)14/h3-5H,6-11H2,1-2H3,(H2,14,15). The van der Waals surface area contributed by atoms with Crippen molar-refractivity contribution in [3.63, 3.8) is 0 Å². The second-order valence-corrected chi connectivity index (χ2v) is 7.34. The van der Waals surface area contributed by atoms with Gasteiger partial charge in [0, 0.05) is 45.5 Å². The Kier molecular flexibility index (Phi) is 5.15. The van der Waals surface area contributed by atoms with E-state index in [1.54, 1.807) is 6.07 Å². The number of nitrogens with two attached hydrogens (primary N) is 1. The van der Waals surface area contributed by atoms with Gasteiger partial charge in [0.05, 0.1) is 0 Å². The molecule has 1 aromatic heterocycles. The number of nitrogen functional groups attached to an aromatic ring is 1. The first kappa shape index (κ1) is 16.2. The average molecular weight is 313 g/mol. The van der Waals surface area contributed by atoms with Gasteiger partial charge in [-0.15, -0.1) is 0 Å². The molecule has 2 heterocycles. The van der Waals surface area contributed by atoms with Gasteiger partial charge in [-0.2, -0.15) is 4.31 Å². The van der Waals surface area contributed by atoms with Gasteiger partial charge >= 0.3 is 0 Å². The molecule has 1 aliphatic heterocycles. The van der Waals surface area contributed by atoms with Crippen LogP contribution in [0.4, 0.5) is 5.82 Å². The fourth-order valence-electron chi connectivity index (χ4n) is 2.29. The van der Waals surface area contributed by atoms with Crippen LogP contribution >= 0.6 is 0 Å². The molecule has 0 saturated carbocycles. The highest BCUT2D eigenvalue weighted by atomic mass is 32.2. The number of aromatic nitrogens is 1. The summed E-state index contributed by atoms with van der Waals surface area (Å²) >= 11 is 0. The maximum atomic E-state index is 12.6. The van der Waals surface area contributed by atoms with Crippen LogP contribution in [0.3, 0.4) is 0 Å². The number of hydrogen-bond acceptors (Lipinski definition) is 6. The molecule has 118 valence electrons. The Morgan fingerprint density at radius 1 is 1.29 bits per heavy atom. The molecule has 1 aromatic rings. The lowest BCUT2D eigenvalue weighted by Gasteiger charge is -2.34. The molecule has 2 rings (SSSR count). The van der Waals surface area contributed by atoms with E-state index in [1.165, 1.54) is 16.6 Å². The van der Waals surface area contributed by atoms with Crippen LogP contribution in [-0.2, 0) is 10.0 Å². The maximum Gasteiger partial charge on any atom is 0.246 e. The van der Waals surface area contributed by atoms with Gasteiger partial charge < -0.3 is 10.6 Å². The SMILES string of the molecule is CN(C)CCN1CCN(S(=O)(=O)c2cccnc2N)CC1. The van der Waals surface area contributed by atoms with Gasteiger partial charge in [-0.1, -0.05) is 0 Å². The molecule has 0 unspecified atom stereocenters. The highest BCUT2D eigenvalue weighted by Crippen LogP contribution is 2.21. The first-order valence-electron chi connectivity index (χ1n) is 6.99. The summed E-state index contributed by atoms with van der Waals surface area (Å²) < 4.78 is 26.6. The van der Waals surface area contributed by atoms with Crippen LogP contribution in [0.25, 0.3) is 0 Å². The molecule has 1 aliphatic rings. The van der Waals surface area contributed by atoms with Crippen molar-refractivity contribution in [3.05, 3.63) is 18.3 Å². The minimum atomic E-state index is -3.54. The number of hydrogen-bond donors (Lipinski definition) is 1. The van der Waals surface area contributed by atoms with E-state index in [9.17, 15) is 8.42 Å².